The fourth-order valence-corrected chi connectivity index (χ4v) is 3.51. The third-order valence-corrected chi connectivity index (χ3v) is 4.80. The summed E-state index contributed by atoms with van der Waals surface area (Å²) in [5.41, 5.74) is 2.78. The maximum atomic E-state index is 12.6. The van der Waals surface area contributed by atoms with Gasteiger partial charge in [-0.05, 0) is 42.9 Å². The third-order valence-electron chi connectivity index (χ3n) is 4.80. The second-order valence-electron chi connectivity index (χ2n) is 6.41. The molecule has 4 rings (SSSR count). The average Bonchev–Trinajstić information content (AvgIpc) is 3.35. The van der Waals surface area contributed by atoms with Crippen LogP contribution >= 0.6 is 0 Å². The van der Waals surface area contributed by atoms with Gasteiger partial charge >= 0.3 is 12.5 Å². The number of carbonyl (C=O) groups excluding carboxylic acids is 1. The van der Waals surface area contributed by atoms with Gasteiger partial charge in [0.25, 0.3) is 5.89 Å². The van der Waals surface area contributed by atoms with Gasteiger partial charge in [0, 0.05) is 18.7 Å². The van der Waals surface area contributed by atoms with Crippen molar-refractivity contribution in [2.75, 3.05) is 13.1 Å². The van der Waals surface area contributed by atoms with Crippen LogP contribution in [0.5, 0.6) is 0 Å². The highest BCUT2D eigenvalue weighted by Gasteiger charge is 2.27. The molecule has 1 aromatic heterocycles. The maximum Gasteiger partial charge on any atom is 0.317 e. The number of fused-ring (bicyclic) bond motifs is 1. The number of nitrogens with zero attached hydrogens (tertiary/aromatic N) is 3. The SMILES string of the molecule is O=C(NC1CCc2cc(-c3noc(C(F)F)n3)ccc21)N1CCCC1. The Labute approximate surface area is 143 Å². The molecule has 1 unspecified atom stereocenters. The van der Waals surface area contributed by atoms with Crippen LogP contribution in [-0.2, 0) is 6.42 Å². The molecule has 6 nitrogen and oxygen atoms in total. The third kappa shape index (κ3) is 3.08. The lowest BCUT2D eigenvalue weighted by Crippen LogP contribution is -2.39. The number of benzene rings is 1. The van der Waals surface area contributed by atoms with E-state index in [2.05, 4.69) is 20.0 Å². The minimum atomic E-state index is -2.78. The molecule has 2 heterocycles. The van der Waals surface area contributed by atoms with E-state index in [-0.39, 0.29) is 17.9 Å². The minimum Gasteiger partial charge on any atom is -0.333 e. The van der Waals surface area contributed by atoms with Crippen molar-refractivity contribution in [1.82, 2.24) is 20.4 Å². The van der Waals surface area contributed by atoms with E-state index >= 15 is 0 Å². The second kappa shape index (κ2) is 6.42. The van der Waals surface area contributed by atoms with E-state index in [1.807, 2.05) is 17.0 Å². The largest absolute Gasteiger partial charge is 0.333 e. The van der Waals surface area contributed by atoms with Crippen LogP contribution in [0, 0.1) is 0 Å². The van der Waals surface area contributed by atoms with Gasteiger partial charge in [-0.15, -0.1) is 0 Å². The zero-order valence-electron chi connectivity index (χ0n) is 13.5. The molecule has 25 heavy (non-hydrogen) atoms. The summed E-state index contributed by atoms with van der Waals surface area (Å²) in [5.74, 6) is -0.520. The van der Waals surface area contributed by atoms with Crippen LogP contribution in [0.4, 0.5) is 13.6 Å². The Kier molecular flexibility index (Phi) is 4.10. The molecule has 0 spiro atoms. The van der Waals surface area contributed by atoms with Crippen molar-refractivity contribution in [3.8, 4) is 11.4 Å². The fraction of sp³-hybridized carbons (Fsp3) is 0.471. The van der Waals surface area contributed by atoms with E-state index in [1.54, 1.807) is 6.07 Å². The zero-order valence-corrected chi connectivity index (χ0v) is 13.5. The first-order valence-electron chi connectivity index (χ1n) is 8.42. The summed E-state index contributed by atoms with van der Waals surface area (Å²) in [6.45, 7) is 1.63. The lowest BCUT2D eigenvalue weighted by Gasteiger charge is -2.20. The summed E-state index contributed by atoms with van der Waals surface area (Å²) in [6.07, 6.45) is 0.980. The number of amides is 2. The number of rotatable bonds is 3. The van der Waals surface area contributed by atoms with Crippen LogP contribution in [0.1, 0.15) is 48.7 Å². The first kappa shape index (κ1) is 16.0. The number of nitrogens with one attached hydrogen (secondary N) is 1. The number of hydrogen-bond acceptors (Lipinski definition) is 4. The van der Waals surface area contributed by atoms with E-state index in [0.717, 1.165) is 49.9 Å². The highest BCUT2D eigenvalue weighted by atomic mass is 19.3. The normalized spacial score (nSPS) is 19.5. The summed E-state index contributed by atoms with van der Waals surface area (Å²) < 4.78 is 29.7. The van der Waals surface area contributed by atoms with Crippen LogP contribution in [0.15, 0.2) is 22.7 Å². The molecule has 1 fully saturated rings. The highest BCUT2D eigenvalue weighted by Crippen LogP contribution is 2.34. The van der Waals surface area contributed by atoms with Crippen LogP contribution in [-0.4, -0.2) is 34.2 Å². The molecule has 2 aliphatic rings. The van der Waals surface area contributed by atoms with E-state index in [9.17, 15) is 13.6 Å². The first-order chi connectivity index (χ1) is 12.1. The lowest BCUT2D eigenvalue weighted by atomic mass is 10.0. The van der Waals surface area contributed by atoms with E-state index in [1.165, 1.54) is 0 Å². The summed E-state index contributed by atoms with van der Waals surface area (Å²) in [7, 11) is 0. The Balaban J connectivity index is 1.50. The molecule has 1 aliphatic carbocycles. The Morgan fingerprint density at radius 3 is 2.84 bits per heavy atom. The van der Waals surface area contributed by atoms with E-state index in [0.29, 0.717) is 5.56 Å². The van der Waals surface area contributed by atoms with Crippen molar-refractivity contribution < 1.29 is 18.1 Å². The monoisotopic (exact) mass is 348 g/mol. The van der Waals surface area contributed by atoms with Crippen LogP contribution in [0.2, 0.25) is 0 Å². The number of hydrogen-bond donors (Lipinski definition) is 1. The summed E-state index contributed by atoms with van der Waals surface area (Å²) in [6, 6.07) is 5.54. The second-order valence-corrected chi connectivity index (χ2v) is 6.41. The van der Waals surface area contributed by atoms with Gasteiger partial charge in [-0.2, -0.15) is 13.8 Å². The molecule has 0 saturated carbocycles. The zero-order chi connectivity index (χ0) is 17.4. The summed E-state index contributed by atoms with van der Waals surface area (Å²) >= 11 is 0. The topological polar surface area (TPSA) is 71.3 Å². The number of likely N-dealkylation sites (tertiary alicyclic amines) is 1. The minimum absolute atomic E-state index is 0.0147. The Morgan fingerprint density at radius 2 is 2.12 bits per heavy atom. The Hall–Kier alpha value is -2.51. The van der Waals surface area contributed by atoms with Crippen LogP contribution < -0.4 is 5.32 Å². The smallest absolute Gasteiger partial charge is 0.317 e. The number of aromatic nitrogens is 2. The molecular formula is C17H18F2N4O2. The molecule has 1 aliphatic heterocycles. The van der Waals surface area contributed by atoms with Gasteiger partial charge in [0.2, 0.25) is 5.82 Å². The van der Waals surface area contributed by atoms with Gasteiger partial charge in [-0.3, -0.25) is 0 Å². The molecule has 1 N–H and O–H groups in total. The summed E-state index contributed by atoms with van der Waals surface area (Å²) in [4.78, 5) is 17.8. The molecular weight excluding hydrogens is 330 g/mol. The number of halogens is 2. The maximum absolute atomic E-state index is 12.6. The lowest BCUT2D eigenvalue weighted by molar-refractivity contribution is 0.106. The molecule has 1 saturated heterocycles. The van der Waals surface area contributed by atoms with Crippen LogP contribution in [0.3, 0.4) is 0 Å². The number of aryl methyl sites for hydroxylation is 1. The van der Waals surface area contributed by atoms with Gasteiger partial charge in [0.05, 0.1) is 6.04 Å². The van der Waals surface area contributed by atoms with Crippen molar-refractivity contribution in [1.29, 1.82) is 0 Å². The predicted molar refractivity (Wildman–Crippen MR) is 85.1 cm³/mol. The van der Waals surface area contributed by atoms with Gasteiger partial charge in [-0.25, -0.2) is 4.79 Å². The molecule has 0 bridgehead atoms. The Bertz CT molecular complexity index is 787. The van der Waals surface area contributed by atoms with Crippen LogP contribution in [0.25, 0.3) is 11.4 Å². The molecule has 1 aromatic carbocycles. The fourth-order valence-electron chi connectivity index (χ4n) is 3.51. The number of alkyl halides is 2. The van der Waals surface area contributed by atoms with E-state index in [4.69, 9.17) is 0 Å². The number of carbonyl (C=O) groups is 1. The standard InChI is InChI=1S/C17H18F2N4O2/c18-14(19)16-21-15(22-25-16)11-3-5-12-10(9-11)4-6-13(12)20-17(24)23-7-1-2-8-23/h3,5,9,13-14H,1-2,4,6-8H2,(H,20,24). The van der Waals surface area contributed by atoms with Crippen molar-refractivity contribution >= 4 is 6.03 Å². The predicted octanol–water partition coefficient (Wildman–Crippen LogP) is 3.47. The first-order valence-corrected chi connectivity index (χ1v) is 8.42. The molecule has 0 radical (unpaired) electrons. The van der Waals surface area contributed by atoms with E-state index < -0.39 is 12.3 Å². The number of urea groups is 1. The van der Waals surface area contributed by atoms with Gasteiger partial charge < -0.3 is 14.7 Å². The van der Waals surface area contributed by atoms with Crippen molar-refractivity contribution in [3.05, 3.63) is 35.2 Å². The molecule has 1 atom stereocenters. The van der Waals surface area contributed by atoms with Gasteiger partial charge in [0.1, 0.15) is 0 Å². The quantitative estimate of drug-likeness (QED) is 0.922. The molecule has 2 amide bonds. The van der Waals surface area contributed by atoms with Crippen molar-refractivity contribution in [2.45, 2.75) is 38.2 Å². The highest BCUT2D eigenvalue weighted by molar-refractivity contribution is 5.75. The average molecular weight is 348 g/mol. The molecule has 8 heteroatoms. The van der Waals surface area contributed by atoms with Gasteiger partial charge in [0.15, 0.2) is 0 Å². The summed E-state index contributed by atoms with van der Waals surface area (Å²) in [5, 5.41) is 6.70. The Morgan fingerprint density at radius 1 is 1.32 bits per heavy atom. The molecule has 132 valence electrons. The van der Waals surface area contributed by atoms with Crippen molar-refractivity contribution in [3.63, 3.8) is 0 Å². The van der Waals surface area contributed by atoms with Gasteiger partial charge in [-0.1, -0.05) is 17.3 Å². The molecule has 2 aromatic rings. The van der Waals surface area contributed by atoms with Crippen molar-refractivity contribution in [2.24, 2.45) is 0 Å².